The summed E-state index contributed by atoms with van der Waals surface area (Å²) in [7, 11) is 1.38. The van der Waals surface area contributed by atoms with Gasteiger partial charge in [-0.05, 0) is 31.4 Å². The van der Waals surface area contributed by atoms with Crippen molar-refractivity contribution in [1.82, 2.24) is 4.98 Å². The molecule has 7 heteroatoms. The molecule has 1 aliphatic heterocycles. The number of carbonyl (C=O) groups is 2. The molecule has 6 nitrogen and oxygen atoms in total. The molecule has 0 aliphatic carbocycles. The van der Waals surface area contributed by atoms with E-state index in [0.717, 1.165) is 23.1 Å². The van der Waals surface area contributed by atoms with Crippen molar-refractivity contribution in [3.8, 4) is 0 Å². The van der Waals surface area contributed by atoms with Gasteiger partial charge in [0.05, 0.1) is 28.6 Å². The summed E-state index contributed by atoms with van der Waals surface area (Å²) in [6.07, 6.45) is 2.61. The molecule has 22 heavy (non-hydrogen) atoms. The Bertz CT molecular complexity index is 727. The summed E-state index contributed by atoms with van der Waals surface area (Å²) in [6.45, 7) is 0.690. The van der Waals surface area contributed by atoms with E-state index in [2.05, 4.69) is 4.98 Å². The third kappa shape index (κ3) is 2.52. The van der Waals surface area contributed by atoms with Crippen LogP contribution in [0.3, 0.4) is 0 Å². The molecule has 116 valence electrons. The first-order chi connectivity index (χ1) is 10.6. The second-order valence-electron chi connectivity index (χ2n) is 5.23. The van der Waals surface area contributed by atoms with Crippen molar-refractivity contribution in [2.75, 3.05) is 18.6 Å². The molecule has 3 rings (SSSR count). The first-order valence-electron chi connectivity index (χ1n) is 7.07. The minimum atomic E-state index is -0.983. The fourth-order valence-electron chi connectivity index (χ4n) is 2.89. The van der Waals surface area contributed by atoms with E-state index in [9.17, 15) is 14.7 Å². The average molecular weight is 320 g/mol. The summed E-state index contributed by atoms with van der Waals surface area (Å²) in [5.74, 6) is -1.27. The quantitative estimate of drug-likeness (QED) is 0.875. The minimum Gasteiger partial charge on any atom is -0.478 e. The standard InChI is InChI=1S/C15H16N2O4S/c1-21-15(20)10-4-2-3-5-17(10)11-6-9(14(18)19)7-12-13(11)16-8-22-12/h6-8,10H,2-5H2,1H3,(H,18,19). The van der Waals surface area contributed by atoms with Crippen molar-refractivity contribution in [3.63, 3.8) is 0 Å². The van der Waals surface area contributed by atoms with Crippen LogP contribution < -0.4 is 4.90 Å². The molecule has 0 amide bonds. The van der Waals surface area contributed by atoms with Crippen LogP contribution in [0.1, 0.15) is 29.6 Å². The lowest BCUT2D eigenvalue weighted by molar-refractivity contribution is -0.142. The number of thiazole rings is 1. The molecule has 0 spiro atoms. The number of anilines is 1. The van der Waals surface area contributed by atoms with Gasteiger partial charge in [0.2, 0.25) is 0 Å². The van der Waals surface area contributed by atoms with E-state index in [1.54, 1.807) is 17.6 Å². The molecule has 0 bridgehead atoms. The highest BCUT2D eigenvalue weighted by Crippen LogP contribution is 2.34. The summed E-state index contributed by atoms with van der Waals surface area (Å²) in [4.78, 5) is 29.7. The van der Waals surface area contributed by atoms with Gasteiger partial charge in [-0.1, -0.05) is 0 Å². The number of carboxylic acids is 1. The molecule has 1 saturated heterocycles. The Balaban J connectivity index is 2.12. The first kappa shape index (κ1) is 14.8. The number of carboxylic acid groups (broad SMARTS) is 1. The van der Waals surface area contributed by atoms with E-state index in [4.69, 9.17) is 4.74 Å². The maximum absolute atomic E-state index is 12.0. The van der Waals surface area contributed by atoms with Crippen molar-refractivity contribution in [2.24, 2.45) is 0 Å². The lowest BCUT2D eigenvalue weighted by atomic mass is 10.0. The highest BCUT2D eigenvalue weighted by atomic mass is 32.1. The summed E-state index contributed by atoms with van der Waals surface area (Å²) in [5.41, 5.74) is 3.34. The number of hydrogen-bond acceptors (Lipinski definition) is 6. The number of rotatable bonds is 3. The summed E-state index contributed by atoms with van der Waals surface area (Å²) in [6, 6.07) is 2.84. The Kier molecular flexibility index (Phi) is 3.98. The summed E-state index contributed by atoms with van der Waals surface area (Å²) < 4.78 is 5.71. The van der Waals surface area contributed by atoms with Gasteiger partial charge in [0, 0.05) is 6.54 Å². The maximum Gasteiger partial charge on any atom is 0.335 e. The van der Waals surface area contributed by atoms with Gasteiger partial charge in [0.1, 0.15) is 11.6 Å². The number of hydrogen-bond donors (Lipinski definition) is 1. The number of benzene rings is 1. The molecule has 1 unspecified atom stereocenters. The predicted molar refractivity (Wildman–Crippen MR) is 83.6 cm³/mol. The number of ether oxygens (including phenoxy) is 1. The minimum absolute atomic E-state index is 0.209. The number of piperidine rings is 1. The normalized spacial score (nSPS) is 18.4. The molecule has 1 aromatic carbocycles. The monoisotopic (exact) mass is 320 g/mol. The van der Waals surface area contributed by atoms with Crippen molar-refractivity contribution in [1.29, 1.82) is 0 Å². The topological polar surface area (TPSA) is 79.7 Å². The Morgan fingerprint density at radius 3 is 2.95 bits per heavy atom. The van der Waals surface area contributed by atoms with Gasteiger partial charge in [0.15, 0.2) is 0 Å². The van der Waals surface area contributed by atoms with E-state index in [0.29, 0.717) is 18.7 Å². The molecule has 2 aromatic rings. The van der Waals surface area contributed by atoms with E-state index in [-0.39, 0.29) is 17.6 Å². The summed E-state index contributed by atoms with van der Waals surface area (Å²) in [5, 5.41) is 9.30. The molecular formula is C15H16N2O4S. The second kappa shape index (κ2) is 5.92. The fraction of sp³-hybridized carbons (Fsp3) is 0.400. The average Bonchev–Trinajstić information content (AvgIpc) is 3.01. The predicted octanol–water partition coefficient (Wildman–Crippen LogP) is 2.53. The van der Waals surface area contributed by atoms with Gasteiger partial charge in [-0.3, -0.25) is 0 Å². The van der Waals surface area contributed by atoms with E-state index >= 15 is 0 Å². The Morgan fingerprint density at radius 1 is 1.41 bits per heavy atom. The van der Waals surface area contributed by atoms with Crippen LogP contribution in [0.2, 0.25) is 0 Å². The zero-order valence-electron chi connectivity index (χ0n) is 12.1. The summed E-state index contributed by atoms with van der Waals surface area (Å²) >= 11 is 1.40. The van der Waals surface area contributed by atoms with E-state index < -0.39 is 5.97 Å². The number of aromatic carboxylic acids is 1. The van der Waals surface area contributed by atoms with Crippen LogP contribution >= 0.6 is 11.3 Å². The van der Waals surface area contributed by atoms with Crippen LogP contribution in [0, 0.1) is 0 Å². The molecule has 2 heterocycles. The lowest BCUT2D eigenvalue weighted by Crippen LogP contribution is -2.45. The van der Waals surface area contributed by atoms with Crippen LogP contribution in [-0.2, 0) is 9.53 Å². The maximum atomic E-state index is 12.0. The van der Waals surface area contributed by atoms with Crippen LogP contribution in [-0.4, -0.2) is 41.7 Å². The zero-order chi connectivity index (χ0) is 15.7. The number of methoxy groups -OCH3 is 1. The highest BCUT2D eigenvalue weighted by molar-refractivity contribution is 7.16. The van der Waals surface area contributed by atoms with Gasteiger partial charge < -0.3 is 14.7 Å². The highest BCUT2D eigenvalue weighted by Gasteiger charge is 2.31. The lowest BCUT2D eigenvalue weighted by Gasteiger charge is -2.35. The van der Waals surface area contributed by atoms with Crippen LogP contribution in [0.5, 0.6) is 0 Å². The van der Waals surface area contributed by atoms with Crippen LogP contribution in [0.4, 0.5) is 5.69 Å². The van der Waals surface area contributed by atoms with E-state index in [1.165, 1.54) is 18.4 Å². The van der Waals surface area contributed by atoms with Gasteiger partial charge >= 0.3 is 11.9 Å². The van der Waals surface area contributed by atoms with Gasteiger partial charge in [-0.2, -0.15) is 0 Å². The molecule has 1 aliphatic rings. The Morgan fingerprint density at radius 2 is 2.23 bits per heavy atom. The smallest absolute Gasteiger partial charge is 0.335 e. The van der Waals surface area contributed by atoms with Crippen molar-refractivity contribution in [3.05, 3.63) is 23.2 Å². The second-order valence-corrected chi connectivity index (χ2v) is 6.11. The largest absolute Gasteiger partial charge is 0.478 e. The van der Waals surface area contributed by atoms with Gasteiger partial charge in [0.25, 0.3) is 0 Å². The van der Waals surface area contributed by atoms with Gasteiger partial charge in [-0.25, -0.2) is 14.6 Å². The van der Waals surface area contributed by atoms with Crippen molar-refractivity contribution >= 4 is 39.2 Å². The zero-order valence-corrected chi connectivity index (χ0v) is 12.9. The van der Waals surface area contributed by atoms with E-state index in [1.807, 2.05) is 4.90 Å². The Labute approximate surface area is 131 Å². The van der Waals surface area contributed by atoms with Crippen LogP contribution in [0.15, 0.2) is 17.6 Å². The number of fused-ring (bicyclic) bond motifs is 1. The number of esters is 1. The SMILES string of the molecule is COC(=O)C1CCCCN1c1cc(C(=O)O)cc2scnc12. The van der Waals surface area contributed by atoms with Crippen LogP contribution in [0.25, 0.3) is 10.2 Å². The third-order valence-corrected chi connectivity index (χ3v) is 4.72. The molecule has 1 aromatic heterocycles. The molecule has 1 fully saturated rings. The van der Waals surface area contributed by atoms with Crippen molar-refractivity contribution in [2.45, 2.75) is 25.3 Å². The molecule has 1 atom stereocenters. The van der Waals surface area contributed by atoms with Crippen molar-refractivity contribution < 1.29 is 19.4 Å². The first-order valence-corrected chi connectivity index (χ1v) is 7.95. The van der Waals surface area contributed by atoms with Gasteiger partial charge in [-0.15, -0.1) is 11.3 Å². The Hall–Kier alpha value is -2.15. The molecule has 1 N–H and O–H groups in total. The number of carbonyl (C=O) groups excluding carboxylic acids is 1. The third-order valence-electron chi connectivity index (χ3n) is 3.95. The molecule has 0 saturated carbocycles. The number of nitrogens with zero attached hydrogens (tertiary/aromatic N) is 2. The number of aromatic nitrogens is 1. The molecule has 0 radical (unpaired) electrons. The molecular weight excluding hydrogens is 304 g/mol. The fourth-order valence-corrected chi connectivity index (χ4v) is 3.63.